The Morgan fingerprint density at radius 2 is 2.14 bits per heavy atom. The molecule has 1 aromatic rings. The second-order valence-corrected chi connectivity index (χ2v) is 5.44. The normalized spacial score (nSPS) is 12.0. The average Bonchev–Trinajstić information content (AvgIpc) is 2.43. The number of hydrogen-bond acceptors (Lipinski definition) is 3. The minimum atomic E-state index is -0.626. The average molecular weight is 291 g/mol. The topological polar surface area (TPSA) is 78.9 Å². The SMILES string of the molecule is CC(C)C(CCN)CCC(=O)Nc1cccc(F)c1C#N. The molecule has 0 aromatic heterocycles. The monoisotopic (exact) mass is 291 g/mol. The van der Waals surface area contributed by atoms with Crippen molar-refractivity contribution in [1.82, 2.24) is 0 Å². The molecule has 0 aliphatic rings. The standard InChI is InChI=1S/C16H22FN3O/c1-11(2)12(8-9-18)6-7-16(21)20-15-5-3-4-14(17)13(15)10-19/h3-5,11-12H,6-9,18H2,1-2H3,(H,20,21). The summed E-state index contributed by atoms with van der Waals surface area (Å²) in [5.74, 6) is 0.0205. The summed E-state index contributed by atoms with van der Waals surface area (Å²) < 4.78 is 13.4. The highest BCUT2D eigenvalue weighted by molar-refractivity contribution is 5.92. The summed E-state index contributed by atoms with van der Waals surface area (Å²) in [5, 5.41) is 11.5. The van der Waals surface area contributed by atoms with Crippen molar-refractivity contribution in [3.8, 4) is 6.07 Å². The number of hydrogen-bond donors (Lipinski definition) is 2. The quantitative estimate of drug-likeness (QED) is 0.810. The first kappa shape index (κ1) is 17.1. The summed E-state index contributed by atoms with van der Waals surface area (Å²) in [6.07, 6.45) is 1.95. The summed E-state index contributed by atoms with van der Waals surface area (Å²) >= 11 is 0. The molecule has 114 valence electrons. The van der Waals surface area contributed by atoms with Gasteiger partial charge in [0.15, 0.2) is 0 Å². The number of nitriles is 1. The van der Waals surface area contributed by atoms with Crippen LogP contribution in [0.25, 0.3) is 0 Å². The Bertz CT molecular complexity index is 523. The van der Waals surface area contributed by atoms with Crippen LogP contribution >= 0.6 is 0 Å². The van der Waals surface area contributed by atoms with Crippen LogP contribution in [0.1, 0.15) is 38.7 Å². The third-order valence-electron chi connectivity index (χ3n) is 3.62. The van der Waals surface area contributed by atoms with Crippen molar-refractivity contribution in [2.45, 2.75) is 33.1 Å². The predicted molar refractivity (Wildman–Crippen MR) is 81.0 cm³/mol. The van der Waals surface area contributed by atoms with Gasteiger partial charge < -0.3 is 11.1 Å². The third kappa shape index (κ3) is 5.16. The molecule has 0 spiro atoms. The van der Waals surface area contributed by atoms with Crippen LogP contribution in [0.15, 0.2) is 18.2 Å². The molecule has 1 unspecified atom stereocenters. The Balaban J connectivity index is 2.62. The zero-order valence-electron chi connectivity index (χ0n) is 12.5. The molecule has 0 fully saturated rings. The van der Waals surface area contributed by atoms with Crippen molar-refractivity contribution in [1.29, 1.82) is 5.26 Å². The second-order valence-electron chi connectivity index (χ2n) is 5.44. The van der Waals surface area contributed by atoms with E-state index in [2.05, 4.69) is 19.2 Å². The fourth-order valence-corrected chi connectivity index (χ4v) is 2.30. The molecule has 1 aromatic carbocycles. The summed E-state index contributed by atoms with van der Waals surface area (Å²) in [6.45, 7) is 4.82. The third-order valence-corrected chi connectivity index (χ3v) is 3.62. The van der Waals surface area contributed by atoms with E-state index >= 15 is 0 Å². The molecule has 0 saturated carbocycles. The summed E-state index contributed by atoms with van der Waals surface area (Å²) in [7, 11) is 0. The molecular weight excluding hydrogens is 269 g/mol. The number of nitrogens with two attached hydrogens (primary N) is 1. The number of rotatable bonds is 7. The van der Waals surface area contributed by atoms with E-state index in [-0.39, 0.29) is 17.2 Å². The molecule has 5 heteroatoms. The lowest BCUT2D eigenvalue weighted by Crippen LogP contribution is -2.19. The maximum absolute atomic E-state index is 13.4. The smallest absolute Gasteiger partial charge is 0.224 e. The van der Waals surface area contributed by atoms with Gasteiger partial charge in [-0.1, -0.05) is 19.9 Å². The Labute approximate surface area is 125 Å². The van der Waals surface area contributed by atoms with E-state index in [9.17, 15) is 9.18 Å². The van der Waals surface area contributed by atoms with Gasteiger partial charge >= 0.3 is 0 Å². The first-order valence-electron chi connectivity index (χ1n) is 7.18. The van der Waals surface area contributed by atoms with Gasteiger partial charge in [-0.15, -0.1) is 0 Å². The van der Waals surface area contributed by atoms with Crippen LogP contribution in [0, 0.1) is 29.0 Å². The number of anilines is 1. The summed E-state index contributed by atoms with van der Waals surface area (Å²) in [5.41, 5.74) is 5.67. The lowest BCUT2D eigenvalue weighted by atomic mass is 9.88. The largest absolute Gasteiger partial charge is 0.330 e. The molecule has 0 radical (unpaired) electrons. The van der Waals surface area contributed by atoms with E-state index in [4.69, 9.17) is 11.0 Å². The molecule has 21 heavy (non-hydrogen) atoms. The molecule has 1 amide bonds. The fourth-order valence-electron chi connectivity index (χ4n) is 2.30. The van der Waals surface area contributed by atoms with Crippen LogP contribution < -0.4 is 11.1 Å². The second kappa shape index (κ2) is 8.38. The highest BCUT2D eigenvalue weighted by Crippen LogP contribution is 2.22. The predicted octanol–water partition coefficient (Wildman–Crippen LogP) is 3.04. The van der Waals surface area contributed by atoms with Crippen LogP contribution in [-0.4, -0.2) is 12.5 Å². The molecule has 1 rings (SSSR count). The van der Waals surface area contributed by atoms with Crippen molar-refractivity contribution < 1.29 is 9.18 Å². The fraction of sp³-hybridized carbons (Fsp3) is 0.500. The highest BCUT2D eigenvalue weighted by atomic mass is 19.1. The summed E-state index contributed by atoms with van der Waals surface area (Å²) in [4.78, 5) is 11.9. The van der Waals surface area contributed by atoms with E-state index in [0.717, 1.165) is 12.8 Å². The van der Waals surface area contributed by atoms with Crippen LogP contribution in [-0.2, 0) is 4.79 Å². The number of carbonyl (C=O) groups excluding carboxylic acids is 1. The molecular formula is C16H22FN3O. The van der Waals surface area contributed by atoms with Crippen molar-refractivity contribution in [2.75, 3.05) is 11.9 Å². The number of nitrogens with one attached hydrogen (secondary N) is 1. The van der Waals surface area contributed by atoms with Gasteiger partial charge in [-0.3, -0.25) is 4.79 Å². The minimum Gasteiger partial charge on any atom is -0.330 e. The molecule has 0 bridgehead atoms. The number of amides is 1. The van der Waals surface area contributed by atoms with E-state index in [0.29, 0.717) is 24.8 Å². The molecule has 3 N–H and O–H groups in total. The van der Waals surface area contributed by atoms with Gasteiger partial charge in [-0.25, -0.2) is 4.39 Å². The van der Waals surface area contributed by atoms with Gasteiger partial charge in [0.1, 0.15) is 17.4 Å². The first-order valence-corrected chi connectivity index (χ1v) is 7.18. The maximum Gasteiger partial charge on any atom is 0.224 e. The van der Waals surface area contributed by atoms with Gasteiger partial charge in [0.2, 0.25) is 5.91 Å². The minimum absolute atomic E-state index is 0.131. The van der Waals surface area contributed by atoms with Gasteiger partial charge in [-0.05, 0) is 43.4 Å². The zero-order valence-corrected chi connectivity index (χ0v) is 12.5. The number of benzene rings is 1. The van der Waals surface area contributed by atoms with Crippen molar-refractivity contribution in [3.05, 3.63) is 29.6 Å². The highest BCUT2D eigenvalue weighted by Gasteiger charge is 2.16. The Hall–Kier alpha value is -1.93. The Kier molecular flexibility index (Phi) is 6.83. The van der Waals surface area contributed by atoms with Crippen LogP contribution in [0.3, 0.4) is 0 Å². The van der Waals surface area contributed by atoms with Gasteiger partial charge in [0.25, 0.3) is 0 Å². The molecule has 0 heterocycles. The van der Waals surface area contributed by atoms with Crippen LogP contribution in [0.4, 0.5) is 10.1 Å². The van der Waals surface area contributed by atoms with Gasteiger partial charge in [0.05, 0.1) is 5.69 Å². The van der Waals surface area contributed by atoms with Gasteiger partial charge in [-0.2, -0.15) is 5.26 Å². The van der Waals surface area contributed by atoms with Crippen LogP contribution in [0.5, 0.6) is 0 Å². The molecule has 1 atom stereocenters. The van der Waals surface area contributed by atoms with E-state index in [1.807, 2.05) is 0 Å². The lowest BCUT2D eigenvalue weighted by molar-refractivity contribution is -0.116. The Morgan fingerprint density at radius 3 is 2.71 bits per heavy atom. The van der Waals surface area contributed by atoms with Gasteiger partial charge in [0, 0.05) is 6.42 Å². The van der Waals surface area contributed by atoms with E-state index in [1.165, 1.54) is 18.2 Å². The van der Waals surface area contributed by atoms with E-state index in [1.54, 1.807) is 6.07 Å². The van der Waals surface area contributed by atoms with Crippen molar-refractivity contribution >= 4 is 11.6 Å². The zero-order chi connectivity index (χ0) is 15.8. The lowest BCUT2D eigenvalue weighted by Gasteiger charge is -2.19. The van der Waals surface area contributed by atoms with Crippen molar-refractivity contribution in [3.63, 3.8) is 0 Å². The van der Waals surface area contributed by atoms with Crippen LogP contribution in [0.2, 0.25) is 0 Å². The maximum atomic E-state index is 13.4. The number of carbonyl (C=O) groups is 1. The molecule has 0 aliphatic carbocycles. The summed E-state index contributed by atoms with van der Waals surface area (Å²) in [6, 6.07) is 5.96. The first-order chi connectivity index (χ1) is 9.99. The molecule has 0 saturated heterocycles. The Morgan fingerprint density at radius 1 is 1.43 bits per heavy atom. The van der Waals surface area contributed by atoms with Crippen molar-refractivity contribution in [2.24, 2.45) is 17.6 Å². The number of halogens is 1. The molecule has 0 aliphatic heterocycles. The number of nitrogens with zero attached hydrogens (tertiary/aromatic N) is 1. The van der Waals surface area contributed by atoms with E-state index < -0.39 is 5.82 Å². The molecule has 4 nitrogen and oxygen atoms in total.